The zero-order valence-electron chi connectivity index (χ0n) is 12.6. The number of amides is 1. The SMILES string of the molecule is COc1c(C)cc(Br)cc1C(=O)NC(=S)NNc1ccccc1. The molecule has 120 valence electrons. The van der Waals surface area contributed by atoms with E-state index < -0.39 is 0 Å². The summed E-state index contributed by atoms with van der Waals surface area (Å²) in [5, 5.41) is 2.78. The molecule has 23 heavy (non-hydrogen) atoms. The van der Waals surface area contributed by atoms with Crippen LogP contribution in [0.4, 0.5) is 5.69 Å². The van der Waals surface area contributed by atoms with E-state index in [9.17, 15) is 4.79 Å². The number of ether oxygens (including phenoxy) is 1. The number of halogens is 1. The number of benzene rings is 2. The lowest BCUT2D eigenvalue weighted by Crippen LogP contribution is -2.42. The zero-order valence-corrected chi connectivity index (χ0v) is 15.0. The van der Waals surface area contributed by atoms with Gasteiger partial charge in [-0.15, -0.1) is 0 Å². The number of anilines is 1. The van der Waals surface area contributed by atoms with Gasteiger partial charge in [0, 0.05) is 4.47 Å². The van der Waals surface area contributed by atoms with Gasteiger partial charge in [0.25, 0.3) is 5.91 Å². The van der Waals surface area contributed by atoms with Crippen LogP contribution in [0.25, 0.3) is 0 Å². The summed E-state index contributed by atoms with van der Waals surface area (Å²) in [6.07, 6.45) is 0. The van der Waals surface area contributed by atoms with Gasteiger partial charge in [0.05, 0.1) is 18.4 Å². The van der Waals surface area contributed by atoms with Crippen molar-refractivity contribution in [1.29, 1.82) is 0 Å². The maximum absolute atomic E-state index is 12.4. The second kappa shape index (κ2) is 7.94. The van der Waals surface area contributed by atoms with Crippen molar-refractivity contribution in [1.82, 2.24) is 10.7 Å². The molecule has 0 aromatic heterocycles. The van der Waals surface area contributed by atoms with Crippen LogP contribution in [0.2, 0.25) is 0 Å². The Hall–Kier alpha value is -2.12. The number of carbonyl (C=O) groups is 1. The molecule has 0 radical (unpaired) electrons. The summed E-state index contributed by atoms with van der Waals surface area (Å²) < 4.78 is 6.10. The summed E-state index contributed by atoms with van der Waals surface area (Å²) in [5.74, 6) is 0.170. The third-order valence-electron chi connectivity index (χ3n) is 3.01. The summed E-state index contributed by atoms with van der Waals surface area (Å²) in [4.78, 5) is 12.4. The lowest BCUT2D eigenvalue weighted by atomic mass is 10.1. The predicted molar refractivity (Wildman–Crippen MR) is 98.7 cm³/mol. The van der Waals surface area contributed by atoms with E-state index in [1.165, 1.54) is 7.11 Å². The average Bonchev–Trinajstić information content (AvgIpc) is 2.53. The highest BCUT2D eigenvalue weighted by Gasteiger charge is 2.16. The highest BCUT2D eigenvalue weighted by Crippen LogP contribution is 2.27. The third-order valence-corrected chi connectivity index (χ3v) is 3.67. The Kier molecular flexibility index (Phi) is 5.95. The number of methoxy groups -OCH3 is 1. The second-order valence-corrected chi connectivity index (χ2v) is 6.03. The number of hydrazine groups is 1. The summed E-state index contributed by atoms with van der Waals surface area (Å²) in [7, 11) is 1.53. The van der Waals surface area contributed by atoms with Crippen LogP contribution >= 0.6 is 28.1 Å². The van der Waals surface area contributed by atoms with Gasteiger partial charge >= 0.3 is 0 Å². The number of nitrogens with one attached hydrogen (secondary N) is 3. The van der Waals surface area contributed by atoms with Gasteiger partial charge in [0.1, 0.15) is 5.75 Å². The first-order valence-corrected chi connectivity index (χ1v) is 7.98. The van der Waals surface area contributed by atoms with Crippen molar-refractivity contribution in [3.63, 3.8) is 0 Å². The van der Waals surface area contributed by atoms with E-state index in [2.05, 4.69) is 32.1 Å². The van der Waals surface area contributed by atoms with Crippen LogP contribution in [0.1, 0.15) is 15.9 Å². The number of aryl methyl sites for hydroxylation is 1. The van der Waals surface area contributed by atoms with Gasteiger partial charge in [-0.25, -0.2) is 0 Å². The summed E-state index contributed by atoms with van der Waals surface area (Å²) in [6.45, 7) is 1.87. The molecule has 0 aliphatic rings. The molecule has 0 bridgehead atoms. The Morgan fingerprint density at radius 2 is 1.91 bits per heavy atom. The van der Waals surface area contributed by atoms with Crippen molar-refractivity contribution in [3.05, 3.63) is 58.1 Å². The molecular weight excluding hydrogens is 378 g/mol. The van der Waals surface area contributed by atoms with Gasteiger partial charge in [0.2, 0.25) is 0 Å². The molecule has 5 nitrogen and oxygen atoms in total. The Bertz CT molecular complexity index is 723. The largest absolute Gasteiger partial charge is 0.496 e. The minimum atomic E-state index is -0.349. The molecule has 3 N–H and O–H groups in total. The molecule has 0 aliphatic heterocycles. The van der Waals surface area contributed by atoms with E-state index in [0.717, 1.165) is 15.7 Å². The van der Waals surface area contributed by atoms with Gasteiger partial charge < -0.3 is 4.74 Å². The van der Waals surface area contributed by atoms with E-state index in [4.69, 9.17) is 17.0 Å². The molecular formula is C16H16BrN3O2S. The van der Waals surface area contributed by atoms with Crippen molar-refractivity contribution in [2.45, 2.75) is 6.92 Å². The van der Waals surface area contributed by atoms with Crippen molar-refractivity contribution in [3.8, 4) is 5.75 Å². The Morgan fingerprint density at radius 1 is 1.22 bits per heavy atom. The summed E-state index contributed by atoms with van der Waals surface area (Å²) >= 11 is 8.49. The zero-order chi connectivity index (χ0) is 16.8. The van der Waals surface area contributed by atoms with Gasteiger partial charge in [-0.3, -0.25) is 21.0 Å². The first kappa shape index (κ1) is 17.2. The van der Waals surface area contributed by atoms with Crippen LogP contribution in [-0.4, -0.2) is 18.1 Å². The predicted octanol–water partition coefficient (Wildman–Crippen LogP) is 3.40. The molecule has 0 saturated carbocycles. The molecule has 2 aromatic rings. The van der Waals surface area contributed by atoms with Crippen LogP contribution < -0.4 is 20.9 Å². The standard InChI is InChI=1S/C16H16BrN3O2S/c1-10-8-11(17)9-13(14(10)22-2)15(21)18-16(23)20-19-12-6-4-3-5-7-12/h3-9,19H,1-2H3,(H2,18,20,21,23). The fraction of sp³-hybridized carbons (Fsp3) is 0.125. The monoisotopic (exact) mass is 393 g/mol. The van der Waals surface area contributed by atoms with E-state index in [1.54, 1.807) is 6.07 Å². The maximum atomic E-state index is 12.4. The Morgan fingerprint density at radius 3 is 2.57 bits per heavy atom. The number of hydrogen-bond donors (Lipinski definition) is 3. The molecule has 0 aliphatic carbocycles. The van der Waals surface area contributed by atoms with Crippen molar-refractivity contribution in [2.24, 2.45) is 0 Å². The van der Waals surface area contributed by atoms with E-state index in [1.807, 2.05) is 43.3 Å². The fourth-order valence-corrected chi connectivity index (χ4v) is 2.74. The van der Waals surface area contributed by atoms with Gasteiger partial charge in [-0.1, -0.05) is 34.1 Å². The Balaban J connectivity index is 2.03. The molecule has 2 rings (SSSR count). The smallest absolute Gasteiger partial charge is 0.261 e. The average molecular weight is 394 g/mol. The van der Waals surface area contributed by atoms with Crippen LogP contribution in [0, 0.1) is 6.92 Å². The molecule has 0 spiro atoms. The third kappa shape index (κ3) is 4.67. The lowest BCUT2D eigenvalue weighted by molar-refractivity contribution is 0.0973. The second-order valence-electron chi connectivity index (χ2n) is 4.70. The first-order valence-electron chi connectivity index (χ1n) is 6.77. The van der Waals surface area contributed by atoms with Crippen LogP contribution in [0.15, 0.2) is 46.9 Å². The molecule has 1 amide bonds. The van der Waals surface area contributed by atoms with Crippen LogP contribution in [0.3, 0.4) is 0 Å². The fourth-order valence-electron chi connectivity index (χ4n) is 2.02. The van der Waals surface area contributed by atoms with Crippen LogP contribution in [0.5, 0.6) is 5.75 Å². The molecule has 0 fully saturated rings. The highest BCUT2D eigenvalue weighted by molar-refractivity contribution is 9.10. The molecule has 0 heterocycles. The van der Waals surface area contributed by atoms with Gasteiger partial charge in [-0.2, -0.15) is 0 Å². The molecule has 2 aromatic carbocycles. The van der Waals surface area contributed by atoms with Crippen molar-refractivity contribution in [2.75, 3.05) is 12.5 Å². The van der Waals surface area contributed by atoms with E-state index in [0.29, 0.717) is 11.3 Å². The van der Waals surface area contributed by atoms with Crippen LogP contribution in [-0.2, 0) is 0 Å². The topological polar surface area (TPSA) is 62.4 Å². The minimum Gasteiger partial charge on any atom is -0.496 e. The number of thiocarbonyl (C=S) groups is 1. The number of para-hydroxylation sites is 1. The lowest BCUT2D eigenvalue weighted by Gasteiger charge is -2.14. The van der Waals surface area contributed by atoms with Crippen molar-refractivity contribution >= 4 is 44.9 Å². The molecule has 7 heteroatoms. The number of carbonyl (C=O) groups excluding carboxylic acids is 1. The van der Waals surface area contributed by atoms with E-state index >= 15 is 0 Å². The molecule has 0 unspecified atom stereocenters. The van der Waals surface area contributed by atoms with Gasteiger partial charge in [-0.05, 0) is 49.0 Å². The van der Waals surface area contributed by atoms with Gasteiger partial charge in [0.15, 0.2) is 5.11 Å². The number of rotatable bonds is 4. The summed E-state index contributed by atoms with van der Waals surface area (Å²) in [5.41, 5.74) is 7.76. The minimum absolute atomic E-state index is 0.165. The molecule has 0 atom stereocenters. The quantitative estimate of drug-likeness (QED) is 0.548. The summed E-state index contributed by atoms with van der Waals surface area (Å²) in [6, 6.07) is 13.0. The molecule has 0 saturated heterocycles. The number of hydrogen-bond acceptors (Lipinski definition) is 4. The highest BCUT2D eigenvalue weighted by atomic mass is 79.9. The first-order chi connectivity index (χ1) is 11.0. The van der Waals surface area contributed by atoms with Crippen molar-refractivity contribution < 1.29 is 9.53 Å². The maximum Gasteiger partial charge on any atom is 0.261 e. The Labute approximate surface area is 148 Å². The normalized spacial score (nSPS) is 9.87. The van der Waals surface area contributed by atoms with E-state index in [-0.39, 0.29) is 11.0 Å².